The van der Waals surface area contributed by atoms with Crippen molar-refractivity contribution < 1.29 is 0 Å². The van der Waals surface area contributed by atoms with Gasteiger partial charge in [0.25, 0.3) is 0 Å². The predicted octanol–water partition coefficient (Wildman–Crippen LogP) is 4.20. The van der Waals surface area contributed by atoms with Crippen LogP contribution in [0.3, 0.4) is 0 Å². The molecule has 0 aliphatic carbocycles. The lowest BCUT2D eigenvalue weighted by Crippen LogP contribution is -2.18. The molecule has 0 aliphatic rings. The van der Waals surface area contributed by atoms with Crippen molar-refractivity contribution in [3.05, 3.63) is 95.8 Å². The fraction of sp³-hybridized carbons (Fsp3) is 0.174. The van der Waals surface area contributed by atoms with E-state index in [0.717, 1.165) is 34.7 Å². The van der Waals surface area contributed by atoms with E-state index in [1.165, 1.54) is 5.56 Å². The van der Waals surface area contributed by atoms with E-state index in [1.54, 1.807) is 0 Å². The first-order chi connectivity index (χ1) is 13.1. The molecular formula is C23H24N4. The lowest BCUT2D eigenvalue weighted by Gasteiger charge is -2.17. The molecule has 0 spiro atoms. The van der Waals surface area contributed by atoms with Crippen molar-refractivity contribution in [2.75, 3.05) is 19.0 Å². The maximum atomic E-state index is 6.66. The summed E-state index contributed by atoms with van der Waals surface area (Å²) < 4.78 is 2.23. The molecule has 0 fully saturated rings. The van der Waals surface area contributed by atoms with E-state index in [-0.39, 0.29) is 6.04 Å². The molecule has 0 saturated heterocycles. The van der Waals surface area contributed by atoms with Crippen molar-refractivity contribution in [1.29, 1.82) is 0 Å². The summed E-state index contributed by atoms with van der Waals surface area (Å²) in [6, 6.07) is 26.7. The second-order valence-corrected chi connectivity index (χ2v) is 6.99. The first kappa shape index (κ1) is 17.3. The van der Waals surface area contributed by atoms with Crippen LogP contribution < -0.4 is 10.6 Å². The summed E-state index contributed by atoms with van der Waals surface area (Å²) in [5.41, 5.74) is 12.2. The second kappa shape index (κ2) is 7.25. The number of fused-ring (bicyclic) bond motifs is 1. The highest BCUT2D eigenvalue weighted by atomic mass is 15.1. The zero-order valence-electron chi connectivity index (χ0n) is 15.7. The fourth-order valence-corrected chi connectivity index (χ4v) is 3.39. The number of benzene rings is 3. The van der Waals surface area contributed by atoms with Crippen LogP contribution in [0.5, 0.6) is 0 Å². The molecule has 4 aromatic rings. The highest BCUT2D eigenvalue weighted by Gasteiger charge is 2.19. The average Bonchev–Trinajstić information content (AvgIpc) is 3.07. The Bertz CT molecular complexity index is 1030. The second-order valence-electron chi connectivity index (χ2n) is 6.99. The largest absolute Gasteiger partial charge is 0.378 e. The van der Waals surface area contributed by atoms with Crippen LogP contribution in [0.4, 0.5) is 5.69 Å². The number of imidazole rings is 1. The fourth-order valence-electron chi connectivity index (χ4n) is 3.39. The van der Waals surface area contributed by atoms with E-state index in [4.69, 9.17) is 10.7 Å². The Morgan fingerprint density at radius 1 is 0.889 bits per heavy atom. The average molecular weight is 356 g/mol. The smallest absolute Gasteiger partial charge is 0.131 e. The van der Waals surface area contributed by atoms with Crippen molar-refractivity contribution in [3.63, 3.8) is 0 Å². The number of hydrogen-bond acceptors (Lipinski definition) is 3. The van der Waals surface area contributed by atoms with E-state index < -0.39 is 0 Å². The standard InChI is InChI=1S/C23H24N4/c1-26(2)19-14-12-18(13-15-19)22(24)23-25-20-10-6-7-11-21(20)27(23)16-17-8-4-3-5-9-17/h3-15,22H,16,24H2,1-2H3. The summed E-state index contributed by atoms with van der Waals surface area (Å²) in [4.78, 5) is 6.95. The quantitative estimate of drug-likeness (QED) is 0.583. The molecule has 27 heavy (non-hydrogen) atoms. The summed E-state index contributed by atoms with van der Waals surface area (Å²) >= 11 is 0. The van der Waals surface area contributed by atoms with Crippen LogP contribution in [0.15, 0.2) is 78.9 Å². The Kier molecular flexibility index (Phi) is 4.65. The zero-order valence-corrected chi connectivity index (χ0v) is 15.7. The van der Waals surface area contributed by atoms with Gasteiger partial charge in [-0.3, -0.25) is 0 Å². The van der Waals surface area contributed by atoms with Crippen LogP contribution in [-0.4, -0.2) is 23.6 Å². The number of nitrogens with zero attached hydrogens (tertiary/aromatic N) is 3. The number of aromatic nitrogens is 2. The van der Waals surface area contributed by atoms with Gasteiger partial charge < -0.3 is 15.2 Å². The van der Waals surface area contributed by atoms with Crippen LogP contribution in [0.2, 0.25) is 0 Å². The Balaban J connectivity index is 1.77. The molecule has 0 amide bonds. The minimum Gasteiger partial charge on any atom is -0.378 e. The maximum Gasteiger partial charge on any atom is 0.131 e. The molecule has 1 heterocycles. The molecule has 0 radical (unpaired) electrons. The van der Waals surface area contributed by atoms with Crippen molar-refractivity contribution in [1.82, 2.24) is 9.55 Å². The third kappa shape index (κ3) is 3.44. The maximum absolute atomic E-state index is 6.66. The molecule has 1 unspecified atom stereocenters. The third-order valence-electron chi connectivity index (χ3n) is 4.91. The van der Waals surface area contributed by atoms with E-state index in [9.17, 15) is 0 Å². The summed E-state index contributed by atoms with van der Waals surface area (Å²) in [7, 11) is 4.07. The predicted molar refractivity (Wildman–Crippen MR) is 112 cm³/mol. The van der Waals surface area contributed by atoms with Gasteiger partial charge in [-0.2, -0.15) is 0 Å². The van der Waals surface area contributed by atoms with E-state index in [2.05, 4.69) is 64.1 Å². The lowest BCUT2D eigenvalue weighted by molar-refractivity contribution is 0.688. The van der Waals surface area contributed by atoms with E-state index in [0.29, 0.717) is 0 Å². The molecular weight excluding hydrogens is 332 g/mol. The minimum absolute atomic E-state index is 0.280. The number of nitrogens with two attached hydrogens (primary N) is 1. The summed E-state index contributed by atoms with van der Waals surface area (Å²) in [6.45, 7) is 0.750. The molecule has 0 aliphatic heterocycles. The van der Waals surface area contributed by atoms with Crippen LogP contribution in [-0.2, 0) is 6.54 Å². The molecule has 0 saturated carbocycles. The molecule has 4 nitrogen and oxygen atoms in total. The number of para-hydroxylation sites is 2. The van der Waals surface area contributed by atoms with Crippen LogP contribution in [0, 0.1) is 0 Å². The van der Waals surface area contributed by atoms with Crippen molar-refractivity contribution in [2.24, 2.45) is 5.73 Å². The number of rotatable bonds is 5. The molecule has 136 valence electrons. The normalized spacial score (nSPS) is 12.3. The summed E-state index contributed by atoms with van der Waals surface area (Å²) in [6.07, 6.45) is 0. The molecule has 3 aromatic carbocycles. The third-order valence-corrected chi connectivity index (χ3v) is 4.91. The molecule has 4 heteroatoms. The van der Waals surface area contributed by atoms with Gasteiger partial charge in [0, 0.05) is 26.3 Å². The monoisotopic (exact) mass is 356 g/mol. The van der Waals surface area contributed by atoms with Gasteiger partial charge in [0.2, 0.25) is 0 Å². The van der Waals surface area contributed by atoms with Gasteiger partial charge in [-0.15, -0.1) is 0 Å². The topological polar surface area (TPSA) is 47.1 Å². The van der Waals surface area contributed by atoms with Crippen molar-refractivity contribution >= 4 is 16.7 Å². The van der Waals surface area contributed by atoms with Gasteiger partial charge in [-0.05, 0) is 35.4 Å². The first-order valence-electron chi connectivity index (χ1n) is 9.15. The minimum atomic E-state index is -0.280. The van der Waals surface area contributed by atoms with E-state index >= 15 is 0 Å². The van der Waals surface area contributed by atoms with Crippen LogP contribution >= 0.6 is 0 Å². The van der Waals surface area contributed by atoms with Gasteiger partial charge in [0.1, 0.15) is 5.82 Å². The number of hydrogen-bond donors (Lipinski definition) is 1. The molecule has 1 aromatic heterocycles. The van der Waals surface area contributed by atoms with Crippen molar-refractivity contribution in [2.45, 2.75) is 12.6 Å². The summed E-state index contributed by atoms with van der Waals surface area (Å²) in [5.74, 6) is 0.887. The highest BCUT2D eigenvalue weighted by Crippen LogP contribution is 2.26. The lowest BCUT2D eigenvalue weighted by atomic mass is 10.1. The van der Waals surface area contributed by atoms with Gasteiger partial charge in [-0.1, -0.05) is 54.6 Å². The highest BCUT2D eigenvalue weighted by molar-refractivity contribution is 5.76. The Labute approximate surface area is 159 Å². The van der Waals surface area contributed by atoms with Gasteiger partial charge in [0.15, 0.2) is 0 Å². The SMILES string of the molecule is CN(C)c1ccc(C(N)c2nc3ccccc3n2Cc2ccccc2)cc1. The van der Waals surface area contributed by atoms with Gasteiger partial charge in [0.05, 0.1) is 17.1 Å². The Morgan fingerprint density at radius 2 is 1.56 bits per heavy atom. The van der Waals surface area contributed by atoms with Crippen molar-refractivity contribution in [3.8, 4) is 0 Å². The molecule has 0 bridgehead atoms. The van der Waals surface area contributed by atoms with Gasteiger partial charge >= 0.3 is 0 Å². The number of anilines is 1. The molecule has 4 rings (SSSR count). The Hall–Kier alpha value is -3.11. The van der Waals surface area contributed by atoms with Crippen LogP contribution in [0.1, 0.15) is 23.0 Å². The molecule has 2 N–H and O–H groups in total. The molecule has 1 atom stereocenters. The van der Waals surface area contributed by atoms with Gasteiger partial charge in [-0.25, -0.2) is 4.98 Å². The Morgan fingerprint density at radius 3 is 2.26 bits per heavy atom. The summed E-state index contributed by atoms with van der Waals surface area (Å²) in [5, 5.41) is 0. The zero-order chi connectivity index (χ0) is 18.8. The van der Waals surface area contributed by atoms with Crippen LogP contribution in [0.25, 0.3) is 11.0 Å². The first-order valence-corrected chi connectivity index (χ1v) is 9.15. The van der Waals surface area contributed by atoms with E-state index in [1.807, 2.05) is 38.4 Å².